The summed E-state index contributed by atoms with van der Waals surface area (Å²) in [6.45, 7) is 2.71. The van der Waals surface area contributed by atoms with Gasteiger partial charge in [0.2, 0.25) is 11.6 Å². The predicted octanol–water partition coefficient (Wildman–Crippen LogP) is 4.06. The normalized spacial score (nSPS) is 10.8. The summed E-state index contributed by atoms with van der Waals surface area (Å²) in [5, 5.41) is 0. The molecule has 0 heterocycles. The molecule has 0 fully saturated rings. The van der Waals surface area contributed by atoms with Gasteiger partial charge in [0.05, 0.1) is 0 Å². The number of benzene rings is 2. The van der Waals surface area contributed by atoms with E-state index in [2.05, 4.69) is 0 Å². The predicted molar refractivity (Wildman–Crippen MR) is 80.8 cm³/mol. The second-order valence-electron chi connectivity index (χ2n) is 5.28. The minimum atomic E-state index is -1.68. The molecule has 0 N–H and O–H groups in total. The molecule has 3 nitrogen and oxygen atoms in total. The Morgan fingerprint density at radius 3 is 2.08 bits per heavy atom. The van der Waals surface area contributed by atoms with Gasteiger partial charge in [-0.15, -0.1) is 0 Å². The van der Waals surface area contributed by atoms with Gasteiger partial charge in [-0.05, 0) is 26.0 Å². The number of amides is 1. The van der Waals surface area contributed by atoms with Crippen molar-refractivity contribution in [1.29, 1.82) is 0 Å². The van der Waals surface area contributed by atoms with E-state index in [0.29, 0.717) is 5.69 Å². The summed E-state index contributed by atoms with van der Waals surface area (Å²) in [7, 11) is 0. The van der Waals surface area contributed by atoms with Gasteiger partial charge in [0.25, 0.3) is 5.91 Å². The highest BCUT2D eigenvalue weighted by molar-refractivity contribution is 5.94. The van der Waals surface area contributed by atoms with E-state index in [1.165, 1.54) is 4.90 Å². The highest BCUT2D eigenvalue weighted by Crippen LogP contribution is 2.26. The second-order valence-corrected chi connectivity index (χ2v) is 5.28. The lowest BCUT2D eigenvalue weighted by atomic mass is 10.2. The Balaban J connectivity index is 2.21. The summed E-state index contributed by atoms with van der Waals surface area (Å²) >= 11 is 0. The maximum absolute atomic E-state index is 13.5. The molecule has 2 aromatic rings. The lowest BCUT2D eigenvalue weighted by Crippen LogP contribution is -2.40. The molecule has 0 atom stereocenters. The third-order valence-corrected chi connectivity index (χ3v) is 3.23. The number of carbonyl (C=O) groups is 1. The van der Waals surface area contributed by atoms with Gasteiger partial charge in [-0.2, -0.15) is 8.78 Å². The summed E-state index contributed by atoms with van der Waals surface area (Å²) in [6.07, 6.45) is 0. The van der Waals surface area contributed by atoms with Crippen molar-refractivity contribution in [1.82, 2.24) is 0 Å². The molecule has 24 heavy (non-hydrogen) atoms. The van der Waals surface area contributed by atoms with Crippen molar-refractivity contribution in [2.75, 3.05) is 11.5 Å². The number of para-hydroxylation sites is 1. The van der Waals surface area contributed by atoms with Crippen LogP contribution in [0.4, 0.5) is 23.2 Å². The quantitative estimate of drug-likeness (QED) is 0.606. The van der Waals surface area contributed by atoms with Crippen LogP contribution in [0.2, 0.25) is 0 Å². The second kappa shape index (κ2) is 7.33. The largest absolute Gasteiger partial charge is 0.477 e. The molecule has 2 aromatic carbocycles. The van der Waals surface area contributed by atoms with Crippen molar-refractivity contribution >= 4 is 11.6 Å². The van der Waals surface area contributed by atoms with Crippen LogP contribution in [-0.2, 0) is 4.79 Å². The topological polar surface area (TPSA) is 29.5 Å². The molecule has 0 radical (unpaired) electrons. The maximum Gasteiger partial charge on any atom is 0.265 e. The van der Waals surface area contributed by atoms with E-state index in [4.69, 9.17) is 4.74 Å². The van der Waals surface area contributed by atoms with E-state index in [9.17, 15) is 22.4 Å². The first kappa shape index (κ1) is 17.8. The minimum Gasteiger partial charge on any atom is -0.477 e. The minimum absolute atomic E-state index is 0.0732. The number of nitrogens with zero attached hydrogens (tertiary/aromatic N) is 1. The standard InChI is InChI=1S/C17H15F4NO2/c1-10(2)22(11-6-4-3-5-7-11)14(23)9-24-17-15(20)12(18)8-13(19)16(17)21/h3-8,10H,9H2,1-2H3. The number of ether oxygens (including phenoxy) is 1. The van der Waals surface area contributed by atoms with Gasteiger partial charge in [0.15, 0.2) is 24.0 Å². The van der Waals surface area contributed by atoms with Crippen molar-refractivity contribution in [3.8, 4) is 5.75 Å². The number of anilines is 1. The monoisotopic (exact) mass is 341 g/mol. The van der Waals surface area contributed by atoms with E-state index >= 15 is 0 Å². The Labute approximate surface area is 136 Å². The van der Waals surface area contributed by atoms with Crippen LogP contribution < -0.4 is 9.64 Å². The SMILES string of the molecule is CC(C)N(C(=O)COc1c(F)c(F)cc(F)c1F)c1ccccc1. The van der Waals surface area contributed by atoms with Crippen LogP contribution in [0.25, 0.3) is 0 Å². The average molecular weight is 341 g/mol. The van der Waals surface area contributed by atoms with Gasteiger partial charge >= 0.3 is 0 Å². The first-order chi connectivity index (χ1) is 11.3. The molecule has 0 aromatic heterocycles. The van der Waals surface area contributed by atoms with E-state index < -0.39 is 41.5 Å². The molecule has 0 spiro atoms. The van der Waals surface area contributed by atoms with E-state index in [-0.39, 0.29) is 12.1 Å². The van der Waals surface area contributed by atoms with Crippen LogP contribution in [0, 0.1) is 23.3 Å². The highest BCUT2D eigenvalue weighted by Gasteiger charge is 2.24. The zero-order valence-electron chi connectivity index (χ0n) is 13.0. The molecule has 128 valence electrons. The smallest absolute Gasteiger partial charge is 0.265 e. The molecular formula is C17H15F4NO2. The molecule has 2 rings (SSSR count). The third-order valence-electron chi connectivity index (χ3n) is 3.23. The molecule has 0 saturated heterocycles. The maximum atomic E-state index is 13.5. The molecule has 0 unspecified atom stereocenters. The fraction of sp³-hybridized carbons (Fsp3) is 0.235. The molecule has 0 aliphatic heterocycles. The van der Waals surface area contributed by atoms with Crippen LogP contribution in [0.1, 0.15) is 13.8 Å². The van der Waals surface area contributed by atoms with E-state index in [0.717, 1.165) is 0 Å². The van der Waals surface area contributed by atoms with Crippen molar-refractivity contribution < 1.29 is 27.1 Å². The molecule has 0 aliphatic carbocycles. The van der Waals surface area contributed by atoms with Gasteiger partial charge < -0.3 is 9.64 Å². The summed E-state index contributed by atoms with van der Waals surface area (Å²) in [6, 6.07) is 8.39. The number of hydrogen-bond acceptors (Lipinski definition) is 2. The highest BCUT2D eigenvalue weighted by atomic mass is 19.2. The Kier molecular flexibility index (Phi) is 5.43. The van der Waals surface area contributed by atoms with E-state index in [1.54, 1.807) is 44.2 Å². The van der Waals surface area contributed by atoms with Crippen molar-refractivity contribution in [2.45, 2.75) is 19.9 Å². The first-order valence-corrected chi connectivity index (χ1v) is 7.15. The summed E-state index contributed by atoms with van der Waals surface area (Å²) in [4.78, 5) is 13.7. The van der Waals surface area contributed by atoms with Crippen LogP contribution in [0.5, 0.6) is 5.75 Å². The number of hydrogen-bond donors (Lipinski definition) is 0. The van der Waals surface area contributed by atoms with Crippen LogP contribution in [0.15, 0.2) is 36.4 Å². The molecule has 1 amide bonds. The van der Waals surface area contributed by atoms with Crippen molar-refractivity contribution in [3.63, 3.8) is 0 Å². The molecule has 0 bridgehead atoms. The fourth-order valence-corrected chi connectivity index (χ4v) is 2.20. The molecule has 7 heteroatoms. The van der Waals surface area contributed by atoms with Gasteiger partial charge in [0.1, 0.15) is 0 Å². The van der Waals surface area contributed by atoms with Crippen molar-refractivity contribution in [3.05, 3.63) is 59.7 Å². The number of carbonyl (C=O) groups excluding carboxylic acids is 1. The lowest BCUT2D eigenvalue weighted by Gasteiger charge is -2.27. The van der Waals surface area contributed by atoms with Crippen LogP contribution >= 0.6 is 0 Å². The lowest BCUT2D eigenvalue weighted by molar-refractivity contribution is -0.121. The molecule has 0 aliphatic rings. The zero-order chi connectivity index (χ0) is 17.9. The van der Waals surface area contributed by atoms with Gasteiger partial charge in [-0.3, -0.25) is 4.79 Å². The average Bonchev–Trinajstić information content (AvgIpc) is 2.54. The van der Waals surface area contributed by atoms with Crippen molar-refractivity contribution in [2.24, 2.45) is 0 Å². The third kappa shape index (κ3) is 3.67. The number of rotatable bonds is 5. The zero-order valence-corrected chi connectivity index (χ0v) is 13.0. The first-order valence-electron chi connectivity index (χ1n) is 7.15. The number of halogens is 4. The fourth-order valence-electron chi connectivity index (χ4n) is 2.20. The van der Waals surface area contributed by atoms with Gasteiger partial charge in [-0.1, -0.05) is 18.2 Å². The van der Waals surface area contributed by atoms with E-state index in [1.807, 2.05) is 0 Å². The Bertz CT molecular complexity index is 709. The summed E-state index contributed by atoms with van der Waals surface area (Å²) in [5.74, 6) is -8.42. The van der Waals surface area contributed by atoms with Gasteiger partial charge in [0, 0.05) is 17.8 Å². The van der Waals surface area contributed by atoms with Crippen LogP contribution in [-0.4, -0.2) is 18.6 Å². The summed E-state index contributed by atoms with van der Waals surface area (Å²) < 4.78 is 58.1. The Hall–Kier alpha value is -2.57. The van der Waals surface area contributed by atoms with Crippen LogP contribution in [0.3, 0.4) is 0 Å². The Morgan fingerprint density at radius 1 is 1.04 bits per heavy atom. The summed E-state index contributed by atoms with van der Waals surface area (Å²) in [5.41, 5.74) is 0.562. The molecule has 0 saturated carbocycles. The molecular weight excluding hydrogens is 326 g/mol. The Morgan fingerprint density at radius 2 is 1.58 bits per heavy atom. The van der Waals surface area contributed by atoms with Gasteiger partial charge in [-0.25, -0.2) is 8.78 Å².